The molecule has 2 aromatic rings. The molecule has 90 valence electrons. The summed E-state index contributed by atoms with van der Waals surface area (Å²) >= 11 is 0. The minimum Gasteiger partial charge on any atom is -0.309 e. The predicted octanol–water partition coefficient (Wildman–Crippen LogP) is 1.15. The average Bonchev–Trinajstić information content (AvgIpc) is 2.80. The molecule has 3 rings (SSSR count). The highest BCUT2D eigenvalue weighted by molar-refractivity contribution is 5.40. The Kier molecular flexibility index (Phi) is 2.48. The van der Waals surface area contributed by atoms with E-state index < -0.39 is 0 Å². The number of piperidine rings is 1. The molecule has 1 aliphatic rings. The number of fused-ring (bicyclic) bond motifs is 1. The van der Waals surface area contributed by atoms with Gasteiger partial charge in [0.2, 0.25) is 0 Å². The number of hydrogen-bond donors (Lipinski definition) is 2. The molecular weight excluding hydrogens is 216 g/mol. The second kappa shape index (κ2) is 4.00. The molecule has 0 saturated carbocycles. The van der Waals surface area contributed by atoms with Gasteiger partial charge >= 0.3 is 0 Å². The van der Waals surface area contributed by atoms with E-state index >= 15 is 0 Å². The fraction of sp³-hybridized carbons (Fsp3) is 0.500. The fourth-order valence-electron chi connectivity index (χ4n) is 2.36. The Balaban J connectivity index is 2.07. The number of rotatable bonds is 1. The summed E-state index contributed by atoms with van der Waals surface area (Å²) in [6, 6.07) is 2.29. The molecule has 1 saturated heterocycles. The predicted molar refractivity (Wildman–Crippen MR) is 65.1 cm³/mol. The highest BCUT2D eigenvalue weighted by atomic mass is 16.1. The lowest BCUT2D eigenvalue weighted by molar-refractivity contribution is 0.404. The van der Waals surface area contributed by atoms with Gasteiger partial charge in [-0.1, -0.05) is 6.42 Å². The summed E-state index contributed by atoms with van der Waals surface area (Å²) in [5, 5.41) is 6.61. The van der Waals surface area contributed by atoms with Crippen molar-refractivity contribution < 1.29 is 0 Å². The molecular formula is C12H16N4O. The summed E-state index contributed by atoms with van der Waals surface area (Å²) in [5.41, 5.74) is 2.40. The molecule has 3 heterocycles. The maximum atomic E-state index is 11.9. The zero-order chi connectivity index (χ0) is 11.8. The summed E-state index contributed by atoms with van der Waals surface area (Å²) in [4.78, 5) is 16.2. The summed E-state index contributed by atoms with van der Waals surface area (Å²) in [5.74, 6) is 0. The normalized spacial score (nSPS) is 20.9. The Labute approximate surface area is 98.9 Å². The van der Waals surface area contributed by atoms with Crippen molar-refractivity contribution in [3.05, 3.63) is 33.9 Å². The monoisotopic (exact) mass is 232 g/mol. The van der Waals surface area contributed by atoms with Gasteiger partial charge in [-0.2, -0.15) is 0 Å². The Bertz CT molecular complexity index is 592. The van der Waals surface area contributed by atoms with Gasteiger partial charge in [0, 0.05) is 23.9 Å². The van der Waals surface area contributed by atoms with Crippen LogP contribution in [-0.4, -0.2) is 21.1 Å². The molecule has 0 aliphatic carbocycles. The number of H-pyrrole nitrogens is 1. The van der Waals surface area contributed by atoms with E-state index in [0.717, 1.165) is 18.7 Å². The maximum Gasteiger partial charge on any atom is 0.275 e. The third-order valence-corrected chi connectivity index (χ3v) is 3.37. The van der Waals surface area contributed by atoms with Crippen molar-refractivity contribution in [3.8, 4) is 0 Å². The van der Waals surface area contributed by atoms with Gasteiger partial charge in [0.1, 0.15) is 0 Å². The average molecular weight is 232 g/mol. The quantitative estimate of drug-likeness (QED) is 0.775. The van der Waals surface area contributed by atoms with Gasteiger partial charge in [0.05, 0.1) is 5.69 Å². The molecule has 1 aliphatic heterocycles. The molecule has 1 fully saturated rings. The summed E-state index contributed by atoms with van der Waals surface area (Å²) in [7, 11) is 0. The minimum atomic E-state index is -0.0166. The van der Waals surface area contributed by atoms with Crippen LogP contribution in [0.15, 0.2) is 17.1 Å². The van der Waals surface area contributed by atoms with Crippen molar-refractivity contribution in [2.24, 2.45) is 0 Å². The van der Waals surface area contributed by atoms with E-state index in [9.17, 15) is 4.79 Å². The Morgan fingerprint density at radius 3 is 3.12 bits per heavy atom. The number of nitrogens with zero attached hydrogens (tertiary/aromatic N) is 2. The van der Waals surface area contributed by atoms with Crippen LogP contribution in [0, 0.1) is 6.92 Å². The molecule has 5 heteroatoms. The van der Waals surface area contributed by atoms with E-state index in [-0.39, 0.29) is 5.56 Å². The van der Waals surface area contributed by atoms with Crippen molar-refractivity contribution in [2.45, 2.75) is 32.2 Å². The lowest BCUT2D eigenvalue weighted by Gasteiger charge is -2.21. The van der Waals surface area contributed by atoms with Gasteiger partial charge in [0.15, 0.2) is 5.65 Å². The molecule has 2 aromatic heterocycles. The van der Waals surface area contributed by atoms with Gasteiger partial charge in [0.25, 0.3) is 5.56 Å². The van der Waals surface area contributed by atoms with Crippen LogP contribution < -0.4 is 10.9 Å². The van der Waals surface area contributed by atoms with Gasteiger partial charge < -0.3 is 5.32 Å². The van der Waals surface area contributed by atoms with E-state index in [2.05, 4.69) is 15.4 Å². The molecule has 0 unspecified atom stereocenters. The van der Waals surface area contributed by atoms with Gasteiger partial charge in [-0.05, 0) is 26.3 Å². The topological polar surface area (TPSA) is 62.2 Å². The van der Waals surface area contributed by atoms with Crippen LogP contribution in [0.1, 0.15) is 36.6 Å². The van der Waals surface area contributed by atoms with Crippen LogP contribution in [0.5, 0.6) is 0 Å². The highest BCUT2D eigenvalue weighted by Gasteiger charge is 2.17. The number of aryl methyl sites for hydroxylation is 1. The molecule has 0 aromatic carbocycles. The summed E-state index contributed by atoms with van der Waals surface area (Å²) in [6.07, 6.45) is 5.20. The van der Waals surface area contributed by atoms with Gasteiger partial charge in [-0.3, -0.25) is 9.89 Å². The SMILES string of the molecule is Cc1cnc2cc([C@@H]3CCCCN3)[nH]n2c1=O. The first-order valence-corrected chi connectivity index (χ1v) is 6.06. The molecule has 2 N–H and O–H groups in total. The lowest BCUT2D eigenvalue weighted by Crippen LogP contribution is -2.27. The molecule has 1 atom stereocenters. The fourth-order valence-corrected chi connectivity index (χ4v) is 2.36. The van der Waals surface area contributed by atoms with E-state index in [1.165, 1.54) is 17.4 Å². The number of nitrogens with one attached hydrogen (secondary N) is 2. The van der Waals surface area contributed by atoms with E-state index in [1.807, 2.05) is 6.07 Å². The maximum absolute atomic E-state index is 11.9. The summed E-state index contributed by atoms with van der Waals surface area (Å²) < 4.78 is 1.53. The second-order valence-electron chi connectivity index (χ2n) is 4.65. The Morgan fingerprint density at radius 1 is 1.47 bits per heavy atom. The molecule has 0 radical (unpaired) electrons. The van der Waals surface area contributed by atoms with Crippen LogP contribution in [0.3, 0.4) is 0 Å². The highest BCUT2D eigenvalue weighted by Crippen LogP contribution is 2.21. The lowest BCUT2D eigenvalue weighted by atomic mass is 10.0. The smallest absolute Gasteiger partial charge is 0.275 e. The van der Waals surface area contributed by atoms with Crippen molar-refractivity contribution in [1.29, 1.82) is 0 Å². The Morgan fingerprint density at radius 2 is 2.35 bits per heavy atom. The van der Waals surface area contributed by atoms with E-state index in [1.54, 1.807) is 13.1 Å². The summed E-state index contributed by atoms with van der Waals surface area (Å²) in [6.45, 7) is 2.82. The standard InChI is InChI=1S/C12H16N4O/c1-8-7-14-11-6-10(15-16(11)12(8)17)9-4-2-3-5-13-9/h6-7,9,13,15H,2-5H2,1H3/t9-/m0/s1. The van der Waals surface area contributed by atoms with E-state index in [0.29, 0.717) is 17.3 Å². The van der Waals surface area contributed by atoms with Crippen molar-refractivity contribution in [2.75, 3.05) is 6.54 Å². The largest absolute Gasteiger partial charge is 0.309 e. The van der Waals surface area contributed by atoms with Crippen molar-refractivity contribution in [1.82, 2.24) is 19.9 Å². The van der Waals surface area contributed by atoms with Crippen LogP contribution in [-0.2, 0) is 0 Å². The number of hydrogen-bond acceptors (Lipinski definition) is 3. The first-order chi connectivity index (χ1) is 8.25. The first kappa shape index (κ1) is 10.5. The zero-order valence-electron chi connectivity index (χ0n) is 9.86. The van der Waals surface area contributed by atoms with Crippen LogP contribution in [0.25, 0.3) is 5.65 Å². The molecule has 5 nitrogen and oxygen atoms in total. The Hall–Kier alpha value is -1.62. The van der Waals surface area contributed by atoms with Crippen molar-refractivity contribution in [3.63, 3.8) is 0 Å². The molecule has 0 amide bonds. The van der Waals surface area contributed by atoms with Gasteiger partial charge in [-0.25, -0.2) is 9.50 Å². The number of aromatic nitrogens is 3. The van der Waals surface area contributed by atoms with Crippen LogP contribution in [0.2, 0.25) is 0 Å². The van der Waals surface area contributed by atoms with Gasteiger partial charge in [-0.15, -0.1) is 0 Å². The first-order valence-electron chi connectivity index (χ1n) is 6.06. The minimum absolute atomic E-state index is 0.0166. The third kappa shape index (κ3) is 1.76. The zero-order valence-corrected chi connectivity index (χ0v) is 9.86. The molecule has 17 heavy (non-hydrogen) atoms. The van der Waals surface area contributed by atoms with Crippen LogP contribution in [0.4, 0.5) is 0 Å². The molecule has 0 spiro atoms. The molecule has 0 bridgehead atoms. The number of aromatic amines is 1. The van der Waals surface area contributed by atoms with Crippen molar-refractivity contribution >= 4 is 5.65 Å². The van der Waals surface area contributed by atoms with E-state index in [4.69, 9.17) is 0 Å². The third-order valence-electron chi connectivity index (χ3n) is 3.37. The second-order valence-corrected chi connectivity index (χ2v) is 4.65. The van der Waals surface area contributed by atoms with Crippen LogP contribution >= 0.6 is 0 Å².